The third-order valence-electron chi connectivity index (χ3n) is 2.86. The Bertz CT molecular complexity index is 737. The molecular formula is C14H14N4O6. The van der Waals surface area contributed by atoms with Gasteiger partial charge in [0.05, 0.1) is 23.8 Å². The van der Waals surface area contributed by atoms with E-state index in [1.54, 1.807) is 6.07 Å². The summed E-state index contributed by atoms with van der Waals surface area (Å²) in [5.74, 6) is -1.93. The first-order valence-electron chi connectivity index (χ1n) is 6.53. The molecule has 0 spiro atoms. The summed E-state index contributed by atoms with van der Waals surface area (Å²) in [5.41, 5.74) is -0.470. The molecule has 0 bridgehead atoms. The first-order valence-corrected chi connectivity index (χ1v) is 6.53. The van der Waals surface area contributed by atoms with E-state index in [9.17, 15) is 19.7 Å². The minimum Gasteiger partial charge on any atom is -0.494 e. The van der Waals surface area contributed by atoms with Gasteiger partial charge in [-0.3, -0.25) is 19.7 Å². The number of hydrogen-bond donors (Lipinski definition) is 3. The summed E-state index contributed by atoms with van der Waals surface area (Å²) in [6, 6.07) is 4.18. The molecule has 1 amide bonds. The Morgan fingerprint density at radius 3 is 2.67 bits per heavy atom. The normalized spacial score (nSPS) is 11.8. The average molecular weight is 334 g/mol. The van der Waals surface area contributed by atoms with Crippen LogP contribution in [0.1, 0.15) is 6.92 Å². The van der Waals surface area contributed by atoms with Gasteiger partial charge in [0.15, 0.2) is 0 Å². The number of hydrogen-bond acceptors (Lipinski definition) is 7. The van der Waals surface area contributed by atoms with E-state index in [2.05, 4.69) is 10.6 Å². The highest BCUT2D eigenvalue weighted by Gasteiger charge is 2.16. The molecule has 0 aliphatic carbocycles. The molecule has 0 saturated heterocycles. The average Bonchev–Trinajstić information content (AvgIpc) is 2.55. The van der Waals surface area contributed by atoms with Crippen molar-refractivity contribution in [2.24, 2.45) is 0 Å². The van der Waals surface area contributed by atoms with Gasteiger partial charge in [0, 0.05) is 12.3 Å². The Morgan fingerprint density at radius 1 is 1.50 bits per heavy atom. The fourth-order valence-electron chi connectivity index (χ4n) is 1.51. The number of amides is 1. The highest BCUT2D eigenvalue weighted by Crippen LogP contribution is 2.29. The highest BCUT2D eigenvalue weighted by molar-refractivity contribution is 6.07. The number of nitrogens with one attached hydrogen (secondary N) is 2. The van der Waals surface area contributed by atoms with Crippen LogP contribution in [0.15, 0.2) is 30.0 Å². The number of carboxylic acids is 1. The number of methoxy groups -OCH3 is 1. The number of carbonyl (C=O) groups is 2. The number of non-ortho nitro benzene ring substituents is 1. The van der Waals surface area contributed by atoms with Gasteiger partial charge in [-0.25, -0.2) is 0 Å². The lowest BCUT2D eigenvalue weighted by Crippen LogP contribution is -2.30. The Labute approximate surface area is 136 Å². The molecule has 3 N–H and O–H groups in total. The second-order valence-corrected chi connectivity index (χ2v) is 4.49. The van der Waals surface area contributed by atoms with Crippen molar-refractivity contribution in [1.82, 2.24) is 5.32 Å². The van der Waals surface area contributed by atoms with E-state index in [0.29, 0.717) is 0 Å². The molecule has 0 saturated carbocycles. The van der Waals surface area contributed by atoms with E-state index >= 15 is 0 Å². The number of benzene rings is 1. The third-order valence-corrected chi connectivity index (χ3v) is 2.86. The van der Waals surface area contributed by atoms with E-state index in [0.717, 1.165) is 12.3 Å². The monoisotopic (exact) mass is 334 g/mol. The number of nitrogens with zero attached hydrogens (tertiary/aromatic N) is 2. The van der Waals surface area contributed by atoms with E-state index in [1.165, 1.54) is 26.2 Å². The lowest BCUT2D eigenvalue weighted by molar-refractivity contribution is -0.384. The maximum Gasteiger partial charge on any atom is 0.325 e. The van der Waals surface area contributed by atoms with Gasteiger partial charge in [-0.05, 0) is 13.0 Å². The molecule has 0 heterocycles. The number of aliphatic carboxylic acids is 1. The van der Waals surface area contributed by atoms with Gasteiger partial charge < -0.3 is 20.5 Å². The van der Waals surface area contributed by atoms with Crippen molar-refractivity contribution in [2.45, 2.75) is 13.0 Å². The van der Waals surface area contributed by atoms with Crippen molar-refractivity contribution in [3.8, 4) is 11.8 Å². The van der Waals surface area contributed by atoms with Gasteiger partial charge in [-0.15, -0.1) is 0 Å². The van der Waals surface area contributed by atoms with Crippen LogP contribution in [0.5, 0.6) is 5.75 Å². The maximum atomic E-state index is 12.0. The van der Waals surface area contributed by atoms with Crippen molar-refractivity contribution in [3.63, 3.8) is 0 Å². The second-order valence-electron chi connectivity index (χ2n) is 4.49. The van der Waals surface area contributed by atoms with Crippen LogP contribution < -0.4 is 15.4 Å². The van der Waals surface area contributed by atoms with Gasteiger partial charge in [-0.1, -0.05) is 0 Å². The zero-order chi connectivity index (χ0) is 18.3. The molecule has 1 unspecified atom stereocenters. The lowest BCUT2D eigenvalue weighted by Gasteiger charge is -2.10. The molecule has 0 aliphatic heterocycles. The first kappa shape index (κ1) is 18.4. The number of nitro benzene ring substituents is 1. The topological polar surface area (TPSA) is 155 Å². The highest BCUT2D eigenvalue weighted by atomic mass is 16.6. The predicted molar refractivity (Wildman–Crippen MR) is 82.2 cm³/mol. The van der Waals surface area contributed by atoms with Crippen LogP contribution in [0, 0.1) is 21.4 Å². The Hall–Kier alpha value is -3.61. The quantitative estimate of drug-likeness (QED) is 0.289. The van der Waals surface area contributed by atoms with Gasteiger partial charge in [0.25, 0.3) is 11.6 Å². The van der Waals surface area contributed by atoms with Crippen molar-refractivity contribution >= 4 is 23.3 Å². The molecular weight excluding hydrogens is 320 g/mol. The molecule has 1 atom stereocenters. The molecule has 24 heavy (non-hydrogen) atoms. The Kier molecular flexibility index (Phi) is 6.25. The Balaban J connectivity index is 2.97. The summed E-state index contributed by atoms with van der Waals surface area (Å²) >= 11 is 0. The van der Waals surface area contributed by atoms with E-state index < -0.39 is 22.8 Å². The molecule has 1 aromatic carbocycles. The number of carbonyl (C=O) groups excluding carboxylic acids is 1. The van der Waals surface area contributed by atoms with Crippen molar-refractivity contribution < 1.29 is 24.4 Å². The van der Waals surface area contributed by atoms with Crippen molar-refractivity contribution in [1.29, 1.82) is 5.26 Å². The number of nitriles is 1. The first-order chi connectivity index (χ1) is 11.3. The van der Waals surface area contributed by atoms with Crippen LogP contribution in [-0.4, -0.2) is 35.1 Å². The number of anilines is 1. The molecule has 0 aliphatic rings. The van der Waals surface area contributed by atoms with Crippen molar-refractivity contribution in [2.75, 3.05) is 12.4 Å². The van der Waals surface area contributed by atoms with Crippen LogP contribution in [0.25, 0.3) is 0 Å². The second kappa shape index (κ2) is 8.14. The molecule has 0 fully saturated rings. The zero-order valence-corrected chi connectivity index (χ0v) is 12.8. The van der Waals surface area contributed by atoms with Gasteiger partial charge in [0.2, 0.25) is 0 Å². The third kappa shape index (κ3) is 4.70. The fraction of sp³-hybridized carbons (Fsp3) is 0.214. The fourth-order valence-corrected chi connectivity index (χ4v) is 1.51. The summed E-state index contributed by atoms with van der Waals surface area (Å²) in [4.78, 5) is 32.8. The van der Waals surface area contributed by atoms with Gasteiger partial charge in [-0.2, -0.15) is 5.26 Å². The summed E-state index contributed by atoms with van der Waals surface area (Å²) < 4.78 is 4.97. The van der Waals surface area contributed by atoms with E-state index in [-0.39, 0.29) is 22.7 Å². The predicted octanol–water partition coefficient (Wildman–Crippen LogP) is 1.01. The van der Waals surface area contributed by atoms with E-state index in [1.807, 2.05) is 0 Å². The number of rotatable bonds is 7. The SMILES string of the molecule is COc1cc([N+](=O)[O-])ccc1NC(=O)/C(C#N)=C\NC(C)C(=O)O. The summed E-state index contributed by atoms with van der Waals surface area (Å²) in [7, 11) is 1.27. The van der Waals surface area contributed by atoms with Crippen molar-refractivity contribution in [3.05, 3.63) is 40.1 Å². The molecule has 0 radical (unpaired) electrons. The van der Waals surface area contributed by atoms with Crippen LogP contribution in [0.3, 0.4) is 0 Å². The minimum atomic E-state index is -1.15. The number of carboxylic acid groups (broad SMARTS) is 1. The largest absolute Gasteiger partial charge is 0.494 e. The lowest BCUT2D eigenvalue weighted by atomic mass is 10.2. The molecule has 1 rings (SSSR count). The van der Waals surface area contributed by atoms with Crippen LogP contribution >= 0.6 is 0 Å². The van der Waals surface area contributed by atoms with E-state index in [4.69, 9.17) is 15.1 Å². The summed E-state index contributed by atoms with van der Waals surface area (Å²) in [6.45, 7) is 1.34. The molecule has 10 heteroatoms. The zero-order valence-electron chi connectivity index (χ0n) is 12.8. The van der Waals surface area contributed by atoms with Crippen LogP contribution in [-0.2, 0) is 9.59 Å². The molecule has 1 aromatic rings. The standard InChI is InChI=1S/C14H14N4O6/c1-8(14(20)21)16-7-9(6-15)13(19)17-11-4-3-10(18(22)23)5-12(11)24-2/h3-5,7-8,16H,1-2H3,(H,17,19)(H,20,21)/b9-7-. The smallest absolute Gasteiger partial charge is 0.325 e. The summed E-state index contributed by atoms with van der Waals surface area (Å²) in [6.07, 6.45) is 0.978. The Morgan fingerprint density at radius 2 is 2.17 bits per heavy atom. The molecule has 126 valence electrons. The number of nitro groups is 1. The van der Waals surface area contributed by atoms with Gasteiger partial charge >= 0.3 is 5.97 Å². The minimum absolute atomic E-state index is 0.0432. The van der Waals surface area contributed by atoms with Gasteiger partial charge in [0.1, 0.15) is 23.4 Å². The number of ether oxygens (including phenoxy) is 1. The molecule has 10 nitrogen and oxygen atoms in total. The summed E-state index contributed by atoms with van der Waals surface area (Å²) in [5, 5.41) is 33.2. The maximum absolute atomic E-state index is 12.0. The van der Waals surface area contributed by atoms with Crippen LogP contribution in [0.4, 0.5) is 11.4 Å². The molecule has 0 aromatic heterocycles. The van der Waals surface area contributed by atoms with Crippen LogP contribution in [0.2, 0.25) is 0 Å².